The highest BCUT2D eigenvalue weighted by Gasteiger charge is 2.01. The first-order chi connectivity index (χ1) is 9.58. The summed E-state index contributed by atoms with van der Waals surface area (Å²) in [5, 5.41) is 12.4. The van der Waals surface area contributed by atoms with Crippen LogP contribution in [0.5, 0.6) is 5.75 Å². The quantitative estimate of drug-likeness (QED) is 0.883. The molecule has 0 saturated heterocycles. The Kier molecular flexibility index (Phi) is 4.40. The van der Waals surface area contributed by atoms with Crippen LogP contribution in [0.25, 0.3) is 0 Å². The molecule has 0 aliphatic carbocycles. The zero-order chi connectivity index (χ0) is 14.5. The maximum absolute atomic E-state index is 13.1. The number of rotatable bonds is 5. The van der Waals surface area contributed by atoms with Crippen molar-refractivity contribution in [1.82, 2.24) is 4.57 Å². The van der Waals surface area contributed by atoms with Crippen LogP contribution in [0.2, 0.25) is 0 Å². The lowest BCUT2D eigenvalue weighted by molar-refractivity contribution is 0.468. The van der Waals surface area contributed by atoms with E-state index < -0.39 is 5.82 Å². The van der Waals surface area contributed by atoms with Gasteiger partial charge in [-0.3, -0.25) is 4.79 Å². The molecule has 2 N–H and O–H groups in total. The van der Waals surface area contributed by atoms with Crippen LogP contribution < -0.4 is 10.9 Å². The van der Waals surface area contributed by atoms with Crippen molar-refractivity contribution in [2.75, 3.05) is 5.32 Å². The first kappa shape index (κ1) is 14.1. The van der Waals surface area contributed by atoms with Crippen molar-refractivity contribution in [3.63, 3.8) is 0 Å². The number of phenols is 1. The van der Waals surface area contributed by atoms with Gasteiger partial charge in [0.05, 0.1) is 5.69 Å². The highest BCUT2D eigenvalue weighted by atomic mass is 19.1. The number of hydrogen-bond acceptors (Lipinski definition) is 3. The van der Waals surface area contributed by atoms with Crippen LogP contribution >= 0.6 is 0 Å². The van der Waals surface area contributed by atoms with E-state index in [1.54, 1.807) is 16.8 Å². The molecule has 106 valence electrons. The molecule has 0 saturated carbocycles. The molecule has 0 atom stereocenters. The first-order valence-corrected chi connectivity index (χ1v) is 6.51. The minimum atomic E-state index is -0.474. The Balaban J connectivity index is 2.10. The molecular formula is C15H17FN2O2. The summed E-state index contributed by atoms with van der Waals surface area (Å²) >= 11 is 0. The van der Waals surface area contributed by atoms with Gasteiger partial charge in [0.25, 0.3) is 5.56 Å². The number of aromatic hydroxyl groups is 1. The molecule has 0 amide bonds. The summed E-state index contributed by atoms with van der Waals surface area (Å²) in [5.41, 5.74) is 1.37. The number of anilines is 1. The predicted octanol–water partition coefficient (Wildman–Crippen LogP) is 2.72. The largest absolute Gasteiger partial charge is 0.508 e. The summed E-state index contributed by atoms with van der Waals surface area (Å²) in [7, 11) is 0. The lowest BCUT2D eigenvalue weighted by Crippen LogP contribution is -2.18. The maximum atomic E-state index is 13.1. The Hall–Kier alpha value is -2.30. The second-order valence-electron chi connectivity index (χ2n) is 4.62. The molecule has 0 aliphatic heterocycles. The molecule has 0 spiro atoms. The summed E-state index contributed by atoms with van der Waals surface area (Å²) < 4.78 is 14.8. The van der Waals surface area contributed by atoms with Gasteiger partial charge in [0, 0.05) is 31.4 Å². The average Bonchev–Trinajstić information content (AvgIpc) is 2.39. The van der Waals surface area contributed by atoms with Gasteiger partial charge in [0.1, 0.15) is 11.6 Å². The molecule has 5 heteroatoms. The van der Waals surface area contributed by atoms with Gasteiger partial charge >= 0.3 is 0 Å². The summed E-state index contributed by atoms with van der Waals surface area (Å²) in [5.74, 6) is -0.574. The molecule has 0 aliphatic rings. The van der Waals surface area contributed by atoms with Crippen molar-refractivity contribution in [3.05, 3.63) is 58.3 Å². The predicted molar refractivity (Wildman–Crippen MR) is 76.4 cm³/mol. The van der Waals surface area contributed by atoms with Gasteiger partial charge in [-0.15, -0.1) is 0 Å². The van der Waals surface area contributed by atoms with Crippen LogP contribution in [0.3, 0.4) is 0 Å². The van der Waals surface area contributed by atoms with Gasteiger partial charge in [-0.1, -0.05) is 6.92 Å². The van der Waals surface area contributed by atoms with Crippen LogP contribution in [0.1, 0.15) is 18.9 Å². The molecule has 2 aromatic rings. The Morgan fingerprint density at radius 3 is 2.80 bits per heavy atom. The molecule has 1 aromatic heterocycles. The highest BCUT2D eigenvalue weighted by Crippen LogP contribution is 2.16. The van der Waals surface area contributed by atoms with Gasteiger partial charge in [-0.05, 0) is 30.2 Å². The minimum Gasteiger partial charge on any atom is -0.508 e. The van der Waals surface area contributed by atoms with E-state index in [0.29, 0.717) is 18.7 Å². The summed E-state index contributed by atoms with van der Waals surface area (Å²) in [6.45, 7) is 3.03. The second-order valence-corrected chi connectivity index (χ2v) is 4.62. The number of nitrogens with one attached hydrogen (secondary N) is 1. The van der Waals surface area contributed by atoms with Crippen molar-refractivity contribution in [2.24, 2.45) is 0 Å². The number of phenolic OH excluding ortho intramolecular Hbond substituents is 1. The molecule has 0 radical (unpaired) electrons. The van der Waals surface area contributed by atoms with Gasteiger partial charge in [0.2, 0.25) is 0 Å². The number of pyridine rings is 1. The van der Waals surface area contributed by atoms with E-state index in [4.69, 9.17) is 0 Å². The summed E-state index contributed by atoms with van der Waals surface area (Å²) in [6.07, 6.45) is 2.62. The number of benzene rings is 1. The van der Waals surface area contributed by atoms with E-state index in [-0.39, 0.29) is 11.3 Å². The smallest absolute Gasteiger partial charge is 0.250 e. The Labute approximate surface area is 116 Å². The topological polar surface area (TPSA) is 54.3 Å². The number of hydrogen-bond donors (Lipinski definition) is 2. The third-order valence-corrected chi connectivity index (χ3v) is 2.89. The molecule has 1 aromatic carbocycles. The van der Waals surface area contributed by atoms with E-state index >= 15 is 0 Å². The van der Waals surface area contributed by atoms with Crippen molar-refractivity contribution in [1.29, 1.82) is 0 Å². The van der Waals surface area contributed by atoms with Gasteiger partial charge in [0.15, 0.2) is 0 Å². The van der Waals surface area contributed by atoms with E-state index in [2.05, 4.69) is 5.32 Å². The van der Waals surface area contributed by atoms with Crippen molar-refractivity contribution < 1.29 is 9.50 Å². The third kappa shape index (κ3) is 3.60. The Bertz CT molecular complexity index is 632. The van der Waals surface area contributed by atoms with Gasteiger partial charge in [-0.25, -0.2) is 4.39 Å². The van der Waals surface area contributed by atoms with Crippen molar-refractivity contribution in [3.8, 4) is 5.75 Å². The van der Waals surface area contributed by atoms with E-state index in [1.807, 2.05) is 6.92 Å². The van der Waals surface area contributed by atoms with Crippen LogP contribution in [0.4, 0.5) is 10.1 Å². The molecule has 0 unspecified atom stereocenters. The van der Waals surface area contributed by atoms with E-state index in [9.17, 15) is 14.3 Å². The molecule has 20 heavy (non-hydrogen) atoms. The third-order valence-electron chi connectivity index (χ3n) is 2.89. The van der Waals surface area contributed by atoms with E-state index in [0.717, 1.165) is 18.2 Å². The minimum absolute atomic E-state index is 0.0409. The fraction of sp³-hybridized carbons (Fsp3) is 0.267. The highest BCUT2D eigenvalue weighted by molar-refractivity contribution is 5.41. The maximum Gasteiger partial charge on any atom is 0.250 e. The van der Waals surface area contributed by atoms with Gasteiger partial charge in [-0.2, -0.15) is 0 Å². The zero-order valence-corrected chi connectivity index (χ0v) is 11.3. The fourth-order valence-corrected chi connectivity index (χ4v) is 1.99. The van der Waals surface area contributed by atoms with Crippen molar-refractivity contribution >= 4 is 5.69 Å². The van der Waals surface area contributed by atoms with Crippen LogP contribution in [0, 0.1) is 5.82 Å². The number of halogens is 1. The monoisotopic (exact) mass is 276 g/mol. The summed E-state index contributed by atoms with van der Waals surface area (Å²) in [6, 6.07) is 7.10. The number of nitrogens with zero attached hydrogens (tertiary/aromatic N) is 1. The van der Waals surface area contributed by atoms with Crippen LogP contribution in [0.15, 0.2) is 41.3 Å². The van der Waals surface area contributed by atoms with Crippen LogP contribution in [-0.2, 0) is 13.1 Å². The van der Waals surface area contributed by atoms with Crippen LogP contribution in [-0.4, -0.2) is 9.67 Å². The lowest BCUT2D eigenvalue weighted by Gasteiger charge is -2.10. The molecule has 2 rings (SSSR count). The van der Waals surface area contributed by atoms with E-state index in [1.165, 1.54) is 18.2 Å². The molecular weight excluding hydrogens is 259 g/mol. The van der Waals surface area contributed by atoms with Gasteiger partial charge < -0.3 is 15.0 Å². The molecule has 0 bridgehead atoms. The molecule has 1 heterocycles. The fourth-order valence-electron chi connectivity index (χ4n) is 1.99. The summed E-state index contributed by atoms with van der Waals surface area (Å²) in [4.78, 5) is 11.6. The number of aromatic nitrogens is 1. The lowest BCUT2D eigenvalue weighted by atomic mass is 10.2. The first-order valence-electron chi connectivity index (χ1n) is 6.51. The standard InChI is InChI=1S/C15H17FN2O2/c1-2-5-18-10-13(3-4-15(18)20)17-9-11-6-12(16)8-14(19)7-11/h3-4,6-8,10,17,19H,2,5,9H2,1H3. The Morgan fingerprint density at radius 1 is 1.30 bits per heavy atom. The normalized spacial score (nSPS) is 10.5. The SMILES string of the molecule is CCCn1cc(NCc2cc(O)cc(F)c2)ccc1=O. The number of aryl methyl sites for hydroxylation is 1. The second kappa shape index (κ2) is 6.23. The average molecular weight is 276 g/mol. The molecule has 0 fully saturated rings. The van der Waals surface area contributed by atoms with Crippen molar-refractivity contribution in [2.45, 2.75) is 26.4 Å². The zero-order valence-electron chi connectivity index (χ0n) is 11.3. The molecule has 4 nitrogen and oxygen atoms in total. The Morgan fingerprint density at radius 2 is 2.10 bits per heavy atom.